The van der Waals surface area contributed by atoms with Gasteiger partial charge in [0.25, 0.3) is 0 Å². The van der Waals surface area contributed by atoms with Gasteiger partial charge in [0.15, 0.2) is 0 Å². The number of benzene rings is 1. The molecule has 0 heterocycles. The van der Waals surface area contributed by atoms with E-state index >= 15 is 0 Å². The van der Waals surface area contributed by atoms with Crippen LogP contribution in [-0.4, -0.2) is 33.5 Å². The lowest BCUT2D eigenvalue weighted by atomic mass is 10.2. The summed E-state index contributed by atoms with van der Waals surface area (Å²) < 4.78 is 15.5. The Morgan fingerprint density at radius 3 is 2.53 bits per heavy atom. The number of hydrogen-bond donors (Lipinski definition) is 1. The molecular formula is C12H18ClNO3. The first kappa shape index (κ1) is 14.3. The Morgan fingerprint density at radius 1 is 1.12 bits per heavy atom. The van der Waals surface area contributed by atoms with Gasteiger partial charge in [-0.05, 0) is 17.7 Å². The van der Waals surface area contributed by atoms with Crippen LogP contribution in [0.25, 0.3) is 0 Å². The molecule has 0 aromatic heterocycles. The predicted molar refractivity (Wildman–Crippen MR) is 68.2 cm³/mol. The molecule has 0 spiro atoms. The van der Waals surface area contributed by atoms with Gasteiger partial charge in [0, 0.05) is 7.11 Å². The van der Waals surface area contributed by atoms with Crippen LogP contribution >= 0.6 is 11.6 Å². The van der Waals surface area contributed by atoms with E-state index in [1.165, 1.54) is 0 Å². The highest BCUT2D eigenvalue weighted by Gasteiger charge is 1.98. The Kier molecular flexibility index (Phi) is 6.96. The van der Waals surface area contributed by atoms with Crippen LogP contribution in [0.5, 0.6) is 0 Å². The molecule has 1 rings (SSSR count). The molecule has 2 N–H and O–H groups in total. The van der Waals surface area contributed by atoms with Crippen molar-refractivity contribution in [1.82, 2.24) is 0 Å². The van der Waals surface area contributed by atoms with Crippen molar-refractivity contribution < 1.29 is 14.2 Å². The second-order valence-corrected chi connectivity index (χ2v) is 3.92. The molecule has 4 nitrogen and oxygen atoms in total. The summed E-state index contributed by atoms with van der Waals surface area (Å²) in [6, 6.07) is 5.48. The van der Waals surface area contributed by atoms with Crippen LogP contribution in [0.2, 0.25) is 5.02 Å². The zero-order valence-corrected chi connectivity index (χ0v) is 10.7. The molecule has 1 aromatic carbocycles. The number of methoxy groups -OCH3 is 1. The van der Waals surface area contributed by atoms with Crippen molar-refractivity contribution in [2.75, 3.05) is 39.3 Å². The first-order valence-corrected chi connectivity index (χ1v) is 5.80. The largest absolute Gasteiger partial charge is 0.398 e. The van der Waals surface area contributed by atoms with Gasteiger partial charge in [-0.15, -0.1) is 0 Å². The summed E-state index contributed by atoms with van der Waals surface area (Å²) in [4.78, 5) is 0. The van der Waals surface area contributed by atoms with Gasteiger partial charge in [-0.3, -0.25) is 0 Å². The Bertz CT molecular complexity index is 334. The molecule has 17 heavy (non-hydrogen) atoms. The summed E-state index contributed by atoms with van der Waals surface area (Å²) in [5.41, 5.74) is 7.26. The highest BCUT2D eigenvalue weighted by molar-refractivity contribution is 6.33. The maximum atomic E-state index is 5.82. The van der Waals surface area contributed by atoms with Crippen molar-refractivity contribution in [3.05, 3.63) is 28.8 Å². The van der Waals surface area contributed by atoms with Crippen LogP contribution in [0, 0.1) is 0 Å². The standard InChI is InChI=1S/C12H18ClNO3/c1-15-4-5-16-6-7-17-9-10-2-3-11(13)12(14)8-10/h2-3,8H,4-7,9,14H2,1H3. The topological polar surface area (TPSA) is 53.7 Å². The van der Waals surface area contributed by atoms with Crippen molar-refractivity contribution in [3.63, 3.8) is 0 Å². The van der Waals surface area contributed by atoms with Crippen LogP contribution in [0.1, 0.15) is 5.56 Å². The smallest absolute Gasteiger partial charge is 0.0718 e. The van der Waals surface area contributed by atoms with Gasteiger partial charge in [-0.25, -0.2) is 0 Å². The van der Waals surface area contributed by atoms with Gasteiger partial charge in [-0.2, -0.15) is 0 Å². The Morgan fingerprint density at radius 2 is 1.82 bits per heavy atom. The fourth-order valence-corrected chi connectivity index (χ4v) is 1.35. The molecular weight excluding hydrogens is 242 g/mol. The van der Waals surface area contributed by atoms with E-state index in [0.717, 1.165) is 5.56 Å². The molecule has 0 amide bonds. The Labute approximate surface area is 107 Å². The van der Waals surface area contributed by atoms with Crippen LogP contribution in [0.15, 0.2) is 18.2 Å². The zero-order valence-electron chi connectivity index (χ0n) is 9.95. The summed E-state index contributed by atoms with van der Waals surface area (Å²) in [5.74, 6) is 0. The average Bonchev–Trinajstić information content (AvgIpc) is 2.32. The molecule has 0 aliphatic rings. The second kappa shape index (κ2) is 8.31. The summed E-state index contributed by atoms with van der Waals surface area (Å²) in [6.45, 7) is 2.81. The fraction of sp³-hybridized carbons (Fsp3) is 0.500. The number of nitrogens with two attached hydrogens (primary N) is 1. The average molecular weight is 260 g/mol. The van der Waals surface area contributed by atoms with Gasteiger partial charge in [-0.1, -0.05) is 17.7 Å². The normalized spacial score (nSPS) is 10.7. The number of ether oxygens (including phenoxy) is 3. The molecule has 5 heteroatoms. The number of nitrogen functional groups attached to an aromatic ring is 1. The SMILES string of the molecule is COCCOCCOCc1ccc(Cl)c(N)c1. The lowest BCUT2D eigenvalue weighted by molar-refractivity contribution is 0.0200. The Balaban J connectivity index is 2.11. The minimum atomic E-state index is 0.509. The van der Waals surface area contributed by atoms with E-state index in [0.29, 0.717) is 43.7 Å². The van der Waals surface area contributed by atoms with Gasteiger partial charge in [0.2, 0.25) is 0 Å². The van der Waals surface area contributed by atoms with Gasteiger partial charge >= 0.3 is 0 Å². The maximum absolute atomic E-state index is 5.82. The number of rotatable bonds is 8. The molecule has 0 fully saturated rings. The van der Waals surface area contributed by atoms with Crippen molar-refractivity contribution in [1.29, 1.82) is 0 Å². The molecule has 0 unspecified atom stereocenters. The van der Waals surface area contributed by atoms with Gasteiger partial charge in [0.1, 0.15) is 0 Å². The summed E-state index contributed by atoms with van der Waals surface area (Å²) in [5, 5.41) is 0.566. The van der Waals surface area contributed by atoms with Crippen LogP contribution in [-0.2, 0) is 20.8 Å². The molecule has 0 saturated heterocycles. The van der Waals surface area contributed by atoms with E-state index in [1.54, 1.807) is 13.2 Å². The molecule has 1 aromatic rings. The van der Waals surface area contributed by atoms with Crippen LogP contribution in [0.3, 0.4) is 0 Å². The number of halogens is 1. The third kappa shape index (κ3) is 5.89. The summed E-state index contributed by atoms with van der Waals surface area (Å²) in [7, 11) is 1.64. The van der Waals surface area contributed by atoms with Crippen molar-refractivity contribution in [2.45, 2.75) is 6.61 Å². The summed E-state index contributed by atoms with van der Waals surface area (Å²) >= 11 is 5.82. The third-order valence-corrected chi connectivity index (χ3v) is 2.48. The van der Waals surface area contributed by atoms with E-state index in [4.69, 9.17) is 31.5 Å². The molecule has 0 bridgehead atoms. The fourth-order valence-electron chi connectivity index (χ4n) is 1.24. The second-order valence-electron chi connectivity index (χ2n) is 3.51. The quantitative estimate of drug-likeness (QED) is 0.574. The molecule has 0 atom stereocenters. The minimum absolute atomic E-state index is 0.509. The molecule has 0 radical (unpaired) electrons. The van der Waals surface area contributed by atoms with Gasteiger partial charge in [0.05, 0.1) is 43.7 Å². The van der Waals surface area contributed by atoms with Crippen molar-refractivity contribution in [2.24, 2.45) is 0 Å². The molecule has 0 saturated carbocycles. The third-order valence-electron chi connectivity index (χ3n) is 2.13. The van der Waals surface area contributed by atoms with E-state index in [-0.39, 0.29) is 0 Å². The van der Waals surface area contributed by atoms with Crippen molar-refractivity contribution in [3.8, 4) is 0 Å². The monoisotopic (exact) mass is 259 g/mol. The number of anilines is 1. The van der Waals surface area contributed by atoms with E-state index in [1.807, 2.05) is 12.1 Å². The molecule has 96 valence electrons. The van der Waals surface area contributed by atoms with E-state index < -0.39 is 0 Å². The predicted octanol–water partition coefficient (Wildman–Crippen LogP) is 2.10. The van der Waals surface area contributed by atoms with E-state index in [9.17, 15) is 0 Å². The first-order valence-electron chi connectivity index (χ1n) is 5.42. The maximum Gasteiger partial charge on any atom is 0.0718 e. The highest BCUT2D eigenvalue weighted by Crippen LogP contribution is 2.19. The first-order chi connectivity index (χ1) is 8.24. The zero-order chi connectivity index (χ0) is 12.5. The van der Waals surface area contributed by atoms with E-state index in [2.05, 4.69) is 0 Å². The lowest BCUT2D eigenvalue weighted by Gasteiger charge is -2.06. The molecule has 0 aliphatic carbocycles. The highest BCUT2D eigenvalue weighted by atomic mass is 35.5. The number of hydrogen-bond acceptors (Lipinski definition) is 4. The lowest BCUT2D eigenvalue weighted by Crippen LogP contribution is -2.08. The van der Waals surface area contributed by atoms with Crippen LogP contribution < -0.4 is 5.73 Å². The molecule has 0 aliphatic heterocycles. The van der Waals surface area contributed by atoms with Crippen LogP contribution in [0.4, 0.5) is 5.69 Å². The van der Waals surface area contributed by atoms with Gasteiger partial charge < -0.3 is 19.9 Å². The summed E-state index contributed by atoms with van der Waals surface area (Å²) in [6.07, 6.45) is 0. The van der Waals surface area contributed by atoms with Crippen molar-refractivity contribution >= 4 is 17.3 Å². The minimum Gasteiger partial charge on any atom is -0.398 e. The Hall–Kier alpha value is -0.810.